The Bertz CT molecular complexity index is 462. The molecule has 0 heterocycles. The second-order valence-corrected chi connectivity index (χ2v) is 6.60. The molecule has 0 radical (unpaired) electrons. The molecule has 0 fully saturated rings. The Balaban J connectivity index is 2.68. The van der Waals surface area contributed by atoms with E-state index in [1.165, 1.54) is 5.56 Å². The first kappa shape index (κ1) is 17.7. The van der Waals surface area contributed by atoms with Crippen molar-refractivity contribution in [3.05, 3.63) is 35.4 Å². The van der Waals surface area contributed by atoms with Crippen LogP contribution in [-0.2, 0) is 14.9 Å². The van der Waals surface area contributed by atoms with Gasteiger partial charge in [0.05, 0.1) is 6.61 Å². The Labute approximate surface area is 127 Å². The van der Waals surface area contributed by atoms with Crippen molar-refractivity contribution in [2.75, 3.05) is 27.4 Å². The fourth-order valence-corrected chi connectivity index (χ4v) is 1.98. The topological polar surface area (TPSA) is 47.6 Å². The molecule has 0 saturated heterocycles. The van der Waals surface area contributed by atoms with Gasteiger partial charge in [0, 0.05) is 26.3 Å². The summed E-state index contributed by atoms with van der Waals surface area (Å²) in [5, 5.41) is 2.89. The SMILES string of the molecule is COC[C@@](C)(CNC(=O)c1ccc(C(C)(C)C)cc1)OC. The summed E-state index contributed by atoms with van der Waals surface area (Å²) in [6.45, 7) is 9.17. The van der Waals surface area contributed by atoms with Crippen LogP contribution in [0, 0.1) is 0 Å². The molecule has 21 heavy (non-hydrogen) atoms. The van der Waals surface area contributed by atoms with Crippen LogP contribution in [-0.4, -0.2) is 38.9 Å². The minimum atomic E-state index is -0.518. The van der Waals surface area contributed by atoms with Crippen LogP contribution in [0.2, 0.25) is 0 Å². The summed E-state index contributed by atoms with van der Waals surface area (Å²) >= 11 is 0. The predicted molar refractivity (Wildman–Crippen MR) is 84.8 cm³/mol. The third-order valence-electron chi connectivity index (χ3n) is 3.58. The van der Waals surface area contributed by atoms with Crippen LogP contribution in [0.4, 0.5) is 0 Å². The molecule has 0 aliphatic rings. The van der Waals surface area contributed by atoms with E-state index in [0.717, 1.165) is 0 Å². The van der Waals surface area contributed by atoms with Crippen LogP contribution in [0.15, 0.2) is 24.3 Å². The summed E-state index contributed by atoms with van der Waals surface area (Å²) in [5.74, 6) is -0.102. The lowest BCUT2D eigenvalue weighted by atomic mass is 9.86. The maximum Gasteiger partial charge on any atom is 0.251 e. The molecule has 0 aliphatic heterocycles. The summed E-state index contributed by atoms with van der Waals surface area (Å²) in [4.78, 5) is 12.2. The van der Waals surface area contributed by atoms with Gasteiger partial charge in [0.25, 0.3) is 5.91 Å². The predicted octanol–water partition coefficient (Wildman–Crippen LogP) is 2.77. The fourth-order valence-electron chi connectivity index (χ4n) is 1.98. The van der Waals surface area contributed by atoms with Crippen LogP contribution in [0.3, 0.4) is 0 Å². The Morgan fingerprint density at radius 1 is 1.10 bits per heavy atom. The molecule has 1 aromatic rings. The first-order valence-electron chi connectivity index (χ1n) is 7.15. The van der Waals surface area contributed by atoms with Crippen molar-refractivity contribution in [1.82, 2.24) is 5.32 Å². The van der Waals surface area contributed by atoms with Crippen LogP contribution in [0.25, 0.3) is 0 Å². The number of nitrogens with one attached hydrogen (secondary N) is 1. The van der Waals surface area contributed by atoms with Gasteiger partial charge in [-0.2, -0.15) is 0 Å². The number of carbonyl (C=O) groups is 1. The highest BCUT2D eigenvalue weighted by Crippen LogP contribution is 2.22. The van der Waals surface area contributed by atoms with Gasteiger partial charge in [-0.25, -0.2) is 0 Å². The van der Waals surface area contributed by atoms with E-state index < -0.39 is 5.60 Å². The highest BCUT2D eigenvalue weighted by atomic mass is 16.5. The van der Waals surface area contributed by atoms with Gasteiger partial charge in [0.1, 0.15) is 5.60 Å². The smallest absolute Gasteiger partial charge is 0.251 e. The number of amides is 1. The lowest BCUT2D eigenvalue weighted by Gasteiger charge is -2.27. The number of hydrogen-bond donors (Lipinski definition) is 1. The summed E-state index contributed by atoms with van der Waals surface area (Å²) < 4.78 is 10.5. The van der Waals surface area contributed by atoms with Crippen LogP contribution < -0.4 is 5.32 Å². The van der Waals surface area contributed by atoms with Gasteiger partial charge in [-0.3, -0.25) is 4.79 Å². The van der Waals surface area contributed by atoms with Crippen molar-refractivity contribution in [2.45, 2.75) is 38.7 Å². The molecular formula is C17H27NO3. The number of rotatable bonds is 6. The summed E-state index contributed by atoms with van der Waals surface area (Å²) in [6, 6.07) is 7.71. The van der Waals surface area contributed by atoms with Crippen molar-refractivity contribution < 1.29 is 14.3 Å². The average molecular weight is 293 g/mol. The Kier molecular flexibility index (Phi) is 5.93. The van der Waals surface area contributed by atoms with E-state index in [1.54, 1.807) is 14.2 Å². The molecule has 1 aromatic carbocycles. The summed E-state index contributed by atoms with van der Waals surface area (Å²) in [5.41, 5.74) is 1.43. The van der Waals surface area contributed by atoms with Crippen LogP contribution in [0.1, 0.15) is 43.6 Å². The van der Waals surface area contributed by atoms with E-state index in [9.17, 15) is 4.79 Å². The lowest BCUT2D eigenvalue weighted by Crippen LogP contribution is -2.45. The first-order valence-corrected chi connectivity index (χ1v) is 7.15. The number of methoxy groups -OCH3 is 2. The Morgan fingerprint density at radius 2 is 1.67 bits per heavy atom. The molecule has 0 aliphatic carbocycles. The Morgan fingerprint density at radius 3 is 2.10 bits per heavy atom. The third-order valence-corrected chi connectivity index (χ3v) is 3.58. The van der Waals surface area contributed by atoms with Crippen LogP contribution in [0.5, 0.6) is 0 Å². The van der Waals surface area contributed by atoms with E-state index in [0.29, 0.717) is 18.7 Å². The Hall–Kier alpha value is -1.39. The van der Waals surface area contributed by atoms with E-state index in [2.05, 4.69) is 26.1 Å². The molecule has 0 unspecified atom stereocenters. The molecule has 0 saturated carbocycles. The monoisotopic (exact) mass is 293 g/mol. The zero-order valence-electron chi connectivity index (χ0n) is 13.9. The van der Waals surface area contributed by atoms with Gasteiger partial charge in [-0.1, -0.05) is 32.9 Å². The number of benzene rings is 1. The molecule has 4 nitrogen and oxygen atoms in total. The highest BCUT2D eigenvalue weighted by Gasteiger charge is 2.24. The van der Waals surface area contributed by atoms with Crippen LogP contribution >= 0.6 is 0 Å². The van der Waals surface area contributed by atoms with Gasteiger partial charge >= 0.3 is 0 Å². The summed E-state index contributed by atoms with van der Waals surface area (Å²) in [6.07, 6.45) is 0. The first-order chi connectivity index (χ1) is 9.72. The molecule has 1 amide bonds. The summed E-state index contributed by atoms with van der Waals surface area (Å²) in [7, 11) is 3.23. The van der Waals surface area contributed by atoms with E-state index in [4.69, 9.17) is 9.47 Å². The number of carbonyl (C=O) groups excluding carboxylic acids is 1. The van der Waals surface area contributed by atoms with Crippen molar-refractivity contribution in [2.24, 2.45) is 0 Å². The zero-order valence-corrected chi connectivity index (χ0v) is 13.9. The molecule has 1 atom stereocenters. The average Bonchev–Trinajstić information content (AvgIpc) is 2.44. The molecule has 0 aromatic heterocycles. The number of hydrogen-bond acceptors (Lipinski definition) is 3. The van der Waals surface area contributed by atoms with Crippen molar-refractivity contribution in [3.63, 3.8) is 0 Å². The molecule has 0 bridgehead atoms. The normalized spacial score (nSPS) is 14.6. The van der Waals surface area contributed by atoms with Gasteiger partial charge in [0.2, 0.25) is 0 Å². The fraction of sp³-hybridized carbons (Fsp3) is 0.588. The largest absolute Gasteiger partial charge is 0.382 e. The molecule has 118 valence electrons. The van der Waals surface area contributed by atoms with E-state index in [1.807, 2.05) is 31.2 Å². The second-order valence-electron chi connectivity index (χ2n) is 6.60. The molecule has 0 spiro atoms. The van der Waals surface area contributed by atoms with Gasteiger partial charge in [-0.15, -0.1) is 0 Å². The highest BCUT2D eigenvalue weighted by molar-refractivity contribution is 5.94. The maximum atomic E-state index is 12.2. The van der Waals surface area contributed by atoms with Crippen molar-refractivity contribution in [1.29, 1.82) is 0 Å². The quantitative estimate of drug-likeness (QED) is 0.877. The van der Waals surface area contributed by atoms with Gasteiger partial charge in [-0.05, 0) is 30.0 Å². The van der Waals surface area contributed by atoms with Crippen molar-refractivity contribution >= 4 is 5.91 Å². The second kappa shape index (κ2) is 7.05. The lowest BCUT2D eigenvalue weighted by molar-refractivity contribution is -0.0479. The molecule has 4 heteroatoms. The maximum absolute atomic E-state index is 12.2. The minimum Gasteiger partial charge on any atom is -0.382 e. The van der Waals surface area contributed by atoms with Crippen molar-refractivity contribution in [3.8, 4) is 0 Å². The number of ether oxygens (including phenoxy) is 2. The van der Waals surface area contributed by atoms with E-state index >= 15 is 0 Å². The minimum absolute atomic E-state index is 0.0854. The molecule has 1 rings (SSSR count). The zero-order chi connectivity index (χ0) is 16.1. The standard InChI is InChI=1S/C17H27NO3/c1-16(2,3)14-9-7-13(8-10-14)15(19)18-11-17(4,21-6)12-20-5/h7-10H,11-12H2,1-6H3,(H,18,19)/t17-/m1/s1. The molecule has 1 N–H and O–H groups in total. The van der Waals surface area contributed by atoms with Gasteiger partial charge in [0.15, 0.2) is 0 Å². The molecular weight excluding hydrogens is 266 g/mol. The third kappa shape index (κ3) is 5.14. The van der Waals surface area contributed by atoms with Gasteiger partial charge < -0.3 is 14.8 Å². The van der Waals surface area contributed by atoms with E-state index in [-0.39, 0.29) is 11.3 Å².